The number of nitrogens with one attached hydrogen (secondary N) is 1. The topological polar surface area (TPSA) is 123 Å². The summed E-state index contributed by atoms with van der Waals surface area (Å²) in [7, 11) is -5.95. The largest absolute Gasteiger partial charge is 0.497 e. The van der Waals surface area contributed by atoms with Gasteiger partial charge in [-0.25, -0.2) is 26.1 Å². The molecule has 0 saturated carbocycles. The van der Waals surface area contributed by atoms with E-state index in [1.54, 1.807) is 18.6 Å². The molecule has 36 heavy (non-hydrogen) atoms. The van der Waals surface area contributed by atoms with E-state index < -0.39 is 24.9 Å². The zero-order valence-corrected chi connectivity index (χ0v) is 22.3. The minimum atomic E-state index is -3.87. The first kappa shape index (κ1) is 26.3. The summed E-state index contributed by atoms with van der Waals surface area (Å²) in [5.74, 6) is 0.260. The number of hydrogen-bond acceptors (Lipinski definition) is 8. The van der Waals surface area contributed by atoms with E-state index in [-0.39, 0.29) is 30.6 Å². The zero-order chi connectivity index (χ0) is 25.9. The van der Waals surface area contributed by atoms with Crippen molar-refractivity contribution in [1.82, 2.24) is 9.29 Å². The zero-order valence-electron chi connectivity index (χ0n) is 19.9. The maximum Gasteiger partial charge on any atom is 0.275 e. The third kappa shape index (κ3) is 6.30. The van der Waals surface area contributed by atoms with Gasteiger partial charge in [-0.1, -0.05) is 30.3 Å². The molecule has 1 aliphatic heterocycles. The van der Waals surface area contributed by atoms with Crippen LogP contribution in [0.3, 0.4) is 0 Å². The van der Waals surface area contributed by atoms with Crippen molar-refractivity contribution < 1.29 is 26.4 Å². The van der Waals surface area contributed by atoms with Gasteiger partial charge >= 0.3 is 0 Å². The first-order valence-electron chi connectivity index (χ1n) is 11.2. The minimum absolute atomic E-state index is 0.00191. The molecule has 0 spiro atoms. The second kappa shape index (κ2) is 10.7. The van der Waals surface area contributed by atoms with Crippen molar-refractivity contribution in [3.05, 3.63) is 64.6 Å². The van der Waals surface area contributed by atoms with Gasteiger partial charge in [0.05, 0.1) is 17.8 Å². The lowest BCUT2D eigenvalue weighted by Crippen LogP contribution is -2.40. The fourth-order valence-electron chi connectivity index (χ4n) is 4.11. The molecule has 0 aliphatic carbocycles. The average Bonchev–Trinajstić information content (AvgIpc) is 3.34. The number of anilines is 1. The van der Waals surface area contributed by atoms with Crippen LogP contribution in [0.25, 0.3) is 11.1 Å². The van der Waals surface area contributed by atoms with Crippen LogP contribution in [0.2, 0.25) is 0 Å². The van der Waals surface area contributed by atoms with Crippen molar-refractivity contribution in [1.29, 1.82) is 0 Å². The van der Waals surface area contributed by atoms with Gasteiger partial charge in [-0.05, 0) is 30.5 Å². The van der Waals surface area contributed by atoms with Gasteiger partial charge in [0.15, 0.2) is 14.9 Å². The highest BCUT2D eigenvalue weighted by atomic mass is 32.3. The highest BCUT2D eigenvalue weighted by molar-refractivity contribution is 8.06. The summed E-state index contributed by atoms with van der Waals surface area (Å²) < 4.78 is 54.2. The number of amides is 1. The lowest BCUT2D eigenvalue weighted by Gasteiger charge is -2.30. The Morgan fingerprint density at radius 3 is 2.44 bits per heavy atom. The smallest absolute Gasteiger partial charge is 0.275 e. The third-order valence-electron chi connectivity index (χ3n) is 5.87. The highest BCUT2D eigenvalue weighted by Gasteiger charge is 2.32. The van der Waals surface area contributed by atoms with Crippen molar-refractivity contribution in [2.24, 2.45) is 0 Å². The molecule has 0 bridgehead atoms. The predicted molar refractivity (Wildman–Crippen MR) is 141 cm³/mol. The molecule has 2 heterocycles. The molecule has 1 saturated heterocycles. The first-order valence-corrected chi connectivity index (χ1v) is 15.8. The lowest BCUT2D eigenvalue weighted by molar-refractivity contribution is 0.102. The molecule has 12 heteroatoms. The van der Waals surface area contributed by atoms with E-state index in [2.05, 4.69) is 10.3 Å². The molecule has 0 atom stereocenters. The van der Waals surface area contributed by atoms with Gasteiger partial charge in [0.2, 0.25) is 10.0 Å². The fraction of sp³-hybridized carbons (Fsp3) is 0.333. The van der Waals surface area contributed by atoms with Crippen LogP contribution < -0.4 is 10.1 Å². The summed E-state index contributed by atoms with van der Waals surface area (Å²) in [6, 6.07) is 15.2. The van der Waals surface area contributed by atoms with Crippen LogP contribution in [0, 0.1) is 0 Å². The third-order valence-corrected chi connectivity index (χ3v) is 10.9. The van der Waals surface area contributed by atoms with Gasteiger partial charge in [-0.15, -0.1) is 11.3 Å². The lowest BCUT2D eigenvalue weighted by atomic mass is 9.99. The summed E-state index contributed by atoms with van der Waals surface area (Å²) in [5, 5.41) is 4.51. The number of benzene rings is 2. The molecule has 0 unspecified atom stereocenters. The van der Waals surface area contributed by atoms with Crippen molar-refractivity contribution >= 4 is 42.8 Å². The number of carbonyl (C=O) groups excluding carboxylic acids is 1. The van der Waals surface area contributed by atoms with E-state index in [1.165, 1.54) is 15.6 Å². The number of methoxy groups -OCH3 is 1. The Bertz CT molecular complexity index is 1450. The molecular formula is C24H27N3O6S3. The number of ether oxygens (including phenoxy) is 1. The van der Waals surface area contributed by atoms with Gasteiger partial charge in [0.1, 0.15) is 11.4 Å². The van der Waals surface area contributed by atoms with Crippen molar-refractivity contribution in [2.45, 2.75) is 18.8 Å². The Hall–Kier alpha value is -2.80. The Kier molecular flexibility index (Phi) is 7.79. The second-order valence-corrected chi connectivity index (χ2v) is 14.0. The summed E-state index contributed by atoms with van der Waals surface area (Å²) >= 11 is 1.36. The molecule has 0 radical (unpaired) electrons. The molecule has 9 nitrogen and oxygen atoms in total. The number of rotatable bonds is 8. The fourth-order valence-corrected chi connectivity index (χ4v) is 8.61. The standard InChI is InChI=1S/C24H27N3O6S3/c1-33-19-8-9-20(17-6-4-3-5-7-17)21(14-19)25-23(28)22-15-34-24(26-22)18-10-12-27(13-11-18)36(31,32)16-35(2,29)30/h3-9,14-15,18H,10-13,16H2,1-2H3,(H,25,28). The quantitative estimate of drug-likeness (QED) is 0.456. The maximum absolute atomic E-state index is 13.1. The average molecular weight is 550 g/mol. The van der Waals surface area contributed by atoms with E-state index >= 15 is 0 Å². The molecule has 3 aromatic rings. The van der Waals surface area contributed by atoms with Crippen molar-refractivity contribution in [3.63, 3.8) is 0 Å². The second-order valence-electron chi connectivity index (χ2n) is 8.63. The Labute approximate surface area is 215 Å². The van der Waals surface area contributed by atoms with Gasteiger partial charge in [0, 0.05) is 42.3 Å². The molecule has 1 aromatic heterocycles. The number of thiazole rings is 1. The number of sulfone groups is 1. The summed E-state index contributed by atoms with van der Waals surface area (Å²) in [6.45, 7) is 0.432. The Morgan fingerprint density at radius 1 is 1.11 bits per heavy atom. The molecule has 2 aromatic carbocycles. The first-order chi connectivity index (χ1) is 17.1. The summed E-state index contributed by atoms with van der Waals surface area (Å²) in [4.78, 5) is 17.6. The molecule has 4 rings (SSSR count). The van der Waals surface area contributed by atoms with Crippen LogP contribution >= 0.6 is 11.3 Å². The van der Waals surface area contributed by atoms with Gasteiger partial charge < -0.3 is 10.1 Å². The van der Waals surface area contributed by atoms with Crippen molar-refractivity contribution in [2.75, 3.05) is 36.9 Å². The van der Waals surface area contributed by atoms with E-state index in [9.17, 15) is 21.6 Å². The van der Waals surface area contributed by atoms with Crippen LogP contribution in [-0.4, -0.2) is 63.6 Å². The van der Waals surface area contributed by atoms with Gasteiger partial charge in [-0.3, -0.25) is 4.79 Å². The van der Waals surface area contributed by atoms with Crippen LogP contribution in [0.15, 0.2) is 53.9 Å². The SMILES string of the molecule is COc1ccc(-c2ccccc2)c(NC(=O)c2csc(C3CCN(S(=O)(=O)CS(C)(=O)=O)CC3)n2)c1. The molecule has 1 fully saturated rings. The number of sulfonamides is 1. The Balaban J connectivity index is 1.46. The predicted octanol–water partition coefficient (Wildman–Crippen LogP) is 3.58. The molecule has 1 N–H and O–H groups in total. The highest BCUT2D eigenvalue weighted by Crippen LogP contribution is 2.34. The number of hydrogen-bond donors (Lipinski definition) is 1. The van der Waals surface area contributed by atoms with E-state index in [0.717, 1.165) is 22.4 Å². The van der Waals surface area contributed by atoms with Crippen LogP contribution in [-0.2, 0) is 19.9 Å². The number of nitrogens with zero attached hydrogens (tertiary/aromatic N) is 2. The monoisotopic (exact) mass is 549 g/mol. The van der Waals surface area contributed by atoms with E-state index in [0.29, 0.717) is 24.3 Å². The van der Waals surface area contributed by atoms with Crippen LogP contribution in [0.5, 0.6) is 5.75 Å². The normalized spacial score (nSPS) is 15.5. The Morgan fingerprint density at radius 2 is 1.81 bits per heavy atom. The molecule has 1 aliphatic rings. The van der Waals surface area contributed by atoms with E-state index in [1.807, 2.05) is 42.5 Å². The molecular weight excluding hydrogens is 522 g/mol. The van der Waals surface area contributed by atoms with Crippen molar-refractivity contribution in [3.8, 4) is 16.9 Å². The summed E-state index contributed by atoms with van der Waals surface area (Å²) in [5.41, 5.74) is 2.68. The van der Waals surface area contributed by atoms with Gasteiger partial charge in [0.25, 0.3) is 5.91 Å². The molecule has 192 valence electrons. The van der Waals surface area contributed by atoms with Crippen LogP contribution in [0.4, 0.5) is 5.69 Å². The number of aromatic nitrogens is 1. The minimum Gasteiger partial charge on any atom is -0.497 e. The number of carbonyl (C=O) groups is 1. The van der Waals surface area contributed by atoms with Gasteiger partial charge in [-0.2, -0.15) is 0 Å². The van der Waals surface area contributed by atoms with Crippen LogP contribution in [0.1, 0.15) is 34.3 Å². The number of piperidine rings is 1. The summed E-state index contributed by atoms with van der Waals surface area (Å²) in [6.07, 6.45) is 1.92. The van der Waals surface area contributed by atoms with E-state index in [4.69, 9.17) is 4.74 Å². The maximum atomic E-state index is 13.1. The molecule has 1 amide bonds.